The Bertz CT molecular complexity index is 868. The van der Waals surface area contributed by atoms with E-state index >= 15 is 0 Å². The highest BCUT2D eigenvalue weighted by molar-refractivity contribution is 6.33. The van der Waals surface area contributed by atoms with Crippen LogP contribution in [0.5, 0.6) is 11.5 Å². The van der Waals surface area contributed by atoms with Crippen LogP contribution in [-0.4, -0.2) is 19.1 Å². The molecule has 1 amide bonds. The van der Waals surface area contributed by atoms with E-state index in [1.165, 1.54) is 0 Å². The van der Waals surface area contributed by atoms with Crippen molar-refractivity contribution in [3.8, 4) is 11.5 Å². The summed E-state index contributed by atoms with van der Waals surface area (Å²) in [5, 5.41) is 3.28. The Kier molecular flexibility index (Phi) is 6.12. The van der Waals surface area contributed by atoms with E-state index in [0.717, 1.165) is 5.75 Å². The van der Waals surface area contributed by atoms with Crippen LogP contribution >= 0.6 is 11.6 Å². The van der Waals surface area contributed by atoms with Gasteiger partial charge >= 0.3 is 0 Å². The summed E-state index contributed by atoms with van der Waals surface area (Å²) < 4.78 is 11.3. The number of anilines is 1. The van der Waals surface area contributed by atoms with E-state index in [2.05, 4.69) is 5.32 Å². The second-order valence-electron chi connectivity index (χ2n) is 5.44. The lowest BCUT2D eigenvalue weighted by Crippen LogP contribution is -2.15. The minimum Gasteiger partial charge on any atom is -0.490 e. The first-order chi connectivity index (χ1) is 12.7. The van der Waals surface area contributed by atoms with Gasteiger partial charge < -0.3 is 14.8 Å². The van der Waals surface area contributed by atoms with Crippen LogP contribution < -0.4 is 14.8 Å². The van der Waals surface area contributed by atoms with Gasteiger partial charge in [-0.3, -0.25) is 4.79 Å². The van der Waals surface area contributed by atoms with Gasteiger partial charge in [0.25, 0.3) is 5.91 Å². The van der Waals surface area contributed by atoms with E-state index in [4.69, 9.17) is 21.1 Å². The number of para-hydroxylation sites is 3. The molecule has 1 N–H and O–H groups in total. The van der Waals surface area contributed by atoms with Gasteiger partial charge in [-0.1, -0.05) is 54.1 Å². The fourth-order valence-corrected chi connectivity index (χ4v) is 2.54. The number of hydrogen-bond donors (Lipinski definition) is 1. The summed E-state index contributed by atoms with van der Waals surface area (Å²) in [5.41, 5.74) is 0.994. The highest BCUT2D eigenvalue weighted by Gasteiger charge is 2.13. The molecule has 0 unspecified atom stereocenters. The van der Waals surface area contributed by atoms with E-state index < -0.39 is 0 Å². The van der Waals surface area contributed by atoms with E-state index in [0.29, 0.717) is 35.2 Å². The van der Waals surface area contributed by atoms with Crippen molar-refractivity contribution in [2.45, 2.75) is 0 Å². The number of halogens is 1. The molecule has 0 aliphatic heterocycles. The van der Waals surface area contributed by atoms with Crippen LogP contribution in [-0.2, 0) is 0 Å². The summed E-state index contributed by atoms with van der Waals surface area (Å²) in [7, 11) is 0. The fourth-order valence-electron chi connectivity index (χ4n) is 2.36. The Morgan fingerprint density at radius 2 is 1.46 bits per heavy atom. The van der Waals surface area contributed by atoms with Crippen molar-refractivity contribution in [1.29, 1.82) is 0 Å². The Labute approximate surface area is 157 Å². The van der Waals surface area contributed by atoms with E-state index in [1.54, 1.807) is 30.3 Å². The van der Waals surface area contributed by atoms with Crippen LogP contribution in [0.3, 0.4) is 0 Å². The van der Waals surface area contributed by atoms with Crippen molar-refractivity contribution in [1.82, 2.24) is 0 Å². The molecule has 0 saturated heterocycles. The standard InChI is InChI=1S/C21H18ClNO3/c22-18-11-5-6-12-19(18)23-21(24)17-10-4-7-13-20(17)26-15-14-25-16-8-2-1-3-9-16/h1-13H,14-15H2,(H,23,24). The maximum Gasteiger partial charge on any atom is 0.259 e. The first-order valence-electron chi connectivity index (χ1n) is 8.19. The molecule has 0 aliphatic rings. The van der Waals surface area contributed by atoms with Crippen molar-refractivity contribution in [2.75, 3.05) is 18.5 Å². The minimum absolute atomic E-state index is 0.280. The topological polar surface area (TPSA) is 47.6 Å². The van der Waals surface area contributed by atoms with Gasteiger partial charge in [0.1, 0.15) is 24.7 Å². The van der Waals surface area contributed by atoms with Crippen molar-refractivity contribution >= 4 is 23.2 Å². The zero-order chi connectivity index (χ0) is 18.2. The molecule has 3 aromatic rings. The van der Waals surface area contributed by atoms with E-state index in [-0.39, 0.29) is 5.91 Å². The van der Waals surface area contributed by atoms with Gasteiger partial charge in [-0.15, -0.1) is 0 Å². The SMILES string of the molecule is O=C(Nc1ccccc1Cl)c1ccccc1OCCOc1ccccc1. The quantitative estimate of drug-likeness (QED) is 0.594. The monoisotopic (exact) mass is 367 g/mol. The van der Waals surface area contributed by atoms with Gasteiger partial charge in [0.05, 0.1) is 16.3 Å². The third kappa shape index (κ3) is 4.77. The average molecular weight is 368 g/mol. The summed E-state index contributed by atoms with van der Waals surface area (Å²) >= 11 is 6.09. The molecule has 5 heteroatoms. The lowest BCUT2D eigenvalue weighted by atomic mass is 10.2. The lowest BCUT2D eigenvalue weighted by Gasteiger charge is -2.13. The Morgan fingerprint density at radius 1 is 0.808 bits per heavy atom. The molecule has 0 aromatic heterocycles. The Hall–Kier alpha value is -2.98. The summed E-state index contributed by atoms with van der Waals surface area (Å²) in [5.74, 6) is 0.993. The second-order valence-corrected chi connectivity index (χ2v) is 5.85. The molecule has 3 rings (SSSR count). The average Bonchev–Trinajstić information content (AvgIpc) is 2.68. The first kappa shape index (κ1) is 17.8. The highest BCUT2D eigenvalue weighted by Crippen LogP contribution is 2.24. The van der Waals surface area contributed by atoms with Crippen molar-refractivity contribution in [3.05, 3.63) is 89.4 Å². The lowest BCUT2D eigenvalue weighted by molar-refractivity contribution is 0.102. The Morgan fingerprint density at radius 3 is 2.27 bits per heavy atom. The fraction of sp³-hybridized carbons (Fsp3) is 0.0952. The molecular weight excluding hydrogens is 350 g/mol. The number of benzene rings is 3. The maximum absolute atomic E-state index is 12.6. The molecule has 0 heterocycles. The van der Waals surface area contributed by atoms with Crippen molar-refractivity contribution in [3.63, 3.8) is 0 Å². The molecule has 132 valence electrons. The minimum atomic E-state index is -0.280. The smallest absolute Gasteiger partial charge is 0.259 e. The molecule has 26 heavy (non-hydrogen) atoms. The number of amides is 1. The Balaban J connectivity index is 1.60. The molecular formula is C21H18ClNO3. The van der Waals surface area contributed by atoms with Gasteiger partial charge in [0, 0.05) is 0 Å². The predicted octanol–water partition coefficient (Wildman–Crippen LogP) is 5.05. The molecule has 0 saturated carbocycles. The molecule has 0 aliphatic carbocycles. The number of rotatable bonds is 7. The molecule has 0 fully saturated rings. The van der Waals surface area contributed by atoms with Crippen molar-refractivity contribution < 1.29 is 14.3 Å². The number of carbonyl (C=O) groups is 1. The van der Waals surface area contributed by atoms with Crippen LogP contribution in [0.4, 0.5) is 5.69 Å². The second kappa shape index (κ2) is 8.92. The molecule has 0 spiro atoms. The van der Waals surface area contributed by atoms with Gasteiger partial charge in [-0.05, 0) is 36.4 Å². The first-order valence-corrected chi connectivity index (χ1v) is 8.57. The van der Waals surface area contributed by atoms with E-state index in [1.807, 2.05) is 48.5 Å². The zero-order valence-electron chi connectivity index (χ0n) is 14.0. The highest BCUT2D eigenvalue weighted by atomic mass is 35.5. The summed E-state index contributed by atoms with van der Waals surface area (Å²) in [6.45, 7) is 0.704. The summed E-state index contributed by atoms with van der Waals surface area (Å²) in [6, 6.07) is 23.7. The van der Waals surface area contributed by atoms with Gasteiger partial charge in [-0.2, -0.15) is 0 Å². The van der Waals surface area contributed by atoms with Crippen LogP contribution in [0.2, 0.25) is 5.02 Å². The number of nitrogens with one attached hydrogen (secondary N) is 1. The molecule has 0 bridgehead atoms. The largest absolute Gasteiger partial charge is 0.490 e. The van der Waals surface area contributed by atoms with Gasteiger partial charge in [-0.25, -0.2) is 0 Å². The van der Waals surface area contributed by atoms with Crippen LogP contribution in [0.25, 0.3) is 0 Å². The summed E-state index contributed by atoms with van der Waals surface area (Å²) in [6.07, 6.45) is 0. The molecule has 3 aromatic carbocycles. The van der Waals surface area contributed by atoms with E-state index in [9.17, 15) is 4.79 Å². The number of carbonyl (C=O) groups excluding carboxylic acids is 1. The maximum atomic E-state index is 12.6. The van der Waals surface area contributed by atoms with Gasteiger partial charge in [0.15, 0.2) is 0 Å². The number of hydrogen-bond acceptors (Lipinski definition) is 3. The number of ether oxygens (including phenoxy) is 2. The molecule has 4 nitrogen and oxygen atoms in total. The third-order valence-electron chi connectivity index (χ3n) is 3.61. The van der Waals surface area contributed by atoms with Gasteiger partial charge in [0.2, 0.25) is 0 Å². The predicted molar refractivity (Wildman–Crippen MR) is 103 cm³/mol. The van der Waals surface area contributed by atoms with Crippen LogP contribution in [0, 0.1) is 0 Å². The molecule has 0 atom stereocenters. The summed E-state index contributed by atoms with van der Waals surface area (Å²) in [4.78, 5) is 12.6. The van der Waals surface area contributed by atoms with Crippen LogP contribution in [0.1, 0.15) is 10.4 Å². The third-order valence-corrected chi connectivity index (χ3v) is 3.94. The molecule has 0 radical (unpaired) electrons. The zero-order valence-corrected chi connectivity index (χ0v) is 14.8. The van der Waals surface area contributed by atoms with Crippen molar-refractivity contribution in [2.24, 2.45) is 0 Å². The van der Waals surface area contributed by atoms with Crippen LogP contribution in [0.15, 0.2) is 78.9 Å². The normalized spacial score (nSPS) is 10.2.